The average Bonchev–Trinajstić information content (AvgIpc) is 3.46. The van der Waals surface area contributed by atoms with Crippen LogP contribution in [-0.2, 0) is 20.3 Å². The fourth-order valence-electron chi connectivity index (χ4n) is 8.66. The molecule has 8 aromatic carbocycles. The van der Waals surface area contributed by atoms with Crippen LogP contribution in [0, 0.1) is 0 Å². The molecule has 0 aliphatic heterocycles. The molecule has 1 aliphatic carbocycles. The summed E-state index contributed by atoms with van der Waals surface area (Å²) in [6, 6.07) is 57.6. The summed E-state index contributed by atoms with van der Waals surface area (Å²) in [5.41, 5.74) is 0.955. The minimum atomic E-state index is -4.44. The summed E-state index contributed by atoms with van der Waals surface area (Å²) in [6.07, 6.45) is 0.314. The summed E-state index contributed by atoms with van der Waals surface area (Å²) < 4.78 is 26.7. The zero-order valence-corrected chi connectivity index (χ0v) is 42.1. The lowest BCUT2D eigenvalue weighted by Crippen LogP contribution is -2.26. The number of hydrogen-bond donors (Lipinski definition) is 2. The summed E-state index contributed by atoms with van der Waals surface area (Å²) in [7, 11) is -5.77. The third-order valence-corrected chi connectivity index (χ3v) is 17.4. The highest BCUT2D eigenvalue weighted by Gasteiger charge is 2.43. The van der Waals surface area contributed by atoms with Crippen molar-refractivity contribution in [1.29, 1.82) is 0 Å². The largest absolute Gasteiger partial charge is 0.493 e. The third-order valence-electron chi connectivity index (χ3n) is 12.4. The van der Waals surface area contributed by atoms with Crippen LogP contribution in [0.1, 0.15) is 81.3 Å². The number of Topliss-reactive ketones (excluding diaryl/α,β-unsaturated/α-hetero) is 1. The van der Waals surface area contributed by atoms with E-state index in [2.05, 4.69) is 10.6 Å². The zero-order chi connectivity index (χ0) is 52.3. The highest BCUT2D eigenvalue weighted by Crippen LogP contribution is 2.51. The Morgan fingerprint density at radius 3 is 1.59 bits per heavy atom. The Kier molecular flexibility index (Phi) is 16.0. The van der Waals surface area contributed by atoms with Crippen LogP contribution in [0.4, 0.5) is 11.4 Å². The van der Waals surface area contributed by atoms with Crippen molar-refractivity contribution in [1.82, 2.24) is 0 Å². The smallest absolute Gasteiger partial charge is 0.248 e. The number of carbonyl (C=O) groups excluding carboxylic acids is 7. The van der Waals surface area contributed by atoms with Crippen molar-refractivity contribution in [2.45, 2.75) is 19.0 Å². The highest BCUT2D eigenvalue weighted by atomic mass is 31.2. The molecule has 0 spiro atoms. The van der Waals surface area contributed by atoms with Crippen molar-refractivity contribution >= 4 is 76.9 Å². The van der Waals surface area contributed by atoms with E-state index < -0.39 is 43.6 Å². The molecule has 1 unspecified atom stereocenters. The van der Waals surface area contributed by atoms with Gasteiger partial charge >= 0.3 is 0 Å². The molecule has 0 bridgehead atoms. The molecule has 1 aliphatic rings. The van der Waals surface area contributed by atoms with Crippen molar-refractivity contribution < 1.29 is 47.6 Å². The molecule has 372 valence electrons. The molecular weight excluding hydrogens is 983 g/mol. The summed E-state index contributed by atoms with van der Waals surface area (Å²) in [5, 5.41) is 6.64. The number of benzene rings is 8. The molecule has 0 fully saturated rings. The van der Waals surface area contributed by atoms with Crippen LogP contribution in [0.25, 0.3) is 0 Å². The number of nitrogens with one attached hydrogen (secondary N) is 2. The summed E-state index contributed by atoms with van der Waals surface area (Å²) in [6.45, 7) is -0.416. The highest BCUT2D eigenvalue weighted by molar-refractivity contribution is 8.01. The van der Waals surface area contributed by atoms with E-state index >= 15 is 0 Å². The first kappa shape index (κ1) is 51.2. The van der Waals surface area contributed by atoms with Gasteiger partial charge in [-0.15, -0.1) is 0 Å². The van der Waals surface area contributed by atoms with Gasteiger partial charge in [0.1, 0.15) is 11.5 Å². The molecule has 0 radical (unpaired) electrons. The van der Waals surface area contributed by atoms with E-state index in [1.165, 1.54) is 54.6 Å². The molecule has 2 N–H and O–H groups in total. The lowest BCUT2D eigenvalue weighted by molar-refractivity contribution is -0.118. The zero-order valence-electron chi connectivity index (χ0n) is 40.3. The molecule has 0 heterocycles. The van der Waals surface area contributed by atoms with Crippen molar-refractivity contribution in [2.75, 3.05) is 30.4 Å². The Balaban J connectivity index is 0.854. The Hall–Kier alpha value is -8.69. The molecule has 12 nitrogen and oxygen atoms in total. The van der Waals surface area contributed by atoms with Gasteiger partial charge in [-0.2, -0.15) is 0 Å². The van der Waals surface area contributed by atoms with Crippen LogP contribution < -0.4 is 30.7 Å². The van der Waals surface area contributed by atoms with Gasteiger partial charge in [0, 0.05) is 59.3 Å². The standard InChI is InChI=1S/C61H48N2O10P2/c64-45(33-35-72-47-26-16-28-49(38-47)75(71,60(69)43-21-9-3-10-22-43)61(70)44-23-11-4-12-24-44)39-62-52-31-32-53(56-55(52)57(66)50-29-13-14-30-51(50)58(56)67)63-54(65)34-36-73-46-25-15-27-48(37-46)74(40-41-17-5-1-6-18-41)59(68)42-19-7-2-8-20-42/h1-32,37-38,62H,33-36,39-40H2,(H,63,65). The molecule has 0 saturated carbocycles. The number of ether oxygens (including phenoxy) is 2. The summed E-state index contributed by atoms with van der Waals surface area (Å²) in [4.78, 5) is 96.9. The van der Waals surface area contributed by atoms with Gasteiger partial charge in [-0.3, -0.25) is 33.6 Å². The number of amides is 1. The monoisotopic (exact) mass is 1030 g/mol. The fourth-order valence-corrected chi connectivity index (χ4v) is 13.1. The van der Waals surface area contributed by atoms with E-state index in [0.717, 1.165) is 10.9 Å². The van der Waals surface area contributed by atoms with Gasteiger partial charge in [-0.1, -0.05) is 170 Å². The molecule has 0 saturated heterocycles. The van der Waals surface area contributed by atoms with Crippen LogP contribution in [0.5, 0.6) is 11.5 Å². The maximum absolute atomic E-state index is 14.8. The quantitative estimate of drug-likeness (QED) is 0.0617. The lowest BCUT2D eigenvalue weighted by Gasteiger charge is -2.23. The normalized spacial score (nSPS) is 12.1. The molecule has 9 rings (SSSR count). The van der Waals surface area contributed by atoms with Crippen molar-refractivity contribution in [3.63, 3.8) is 0 Å². The van der Waals surface area contributed by atoms with E-state index in [0.29, 0.717) is 17.5 Å². The van der Waals surface area contributed by atoms with Crippen LogP contribution in [0.3, 0.4) is 0 Å². The van der Waals surface area contributed by atoms with E-state index in [9.17, 15) is 38.1 Å². The Morgan fingerprint density at radius 1 is 0.493 bits per heavy atom. The predicted octanol–water partition coefficient (Wildman–Crippen LogP) is 11.1. The summed E-state index contributed by atoms with van der Waals surface area (Å²) in [5.74, 6) is -1.08. The molecule has 1 atom stereocenters. The van der Waals surface area contributed by atoms with Crippen molar-refractivity contribution in [3.05, 3.63) is 251 Å². The van der Waals surface area contributed by atoms with Crippen LogP contribution in [-0.4, -0.2) is 59.6 Å². The van der Waals surface area contributed by atoms with Gasteiger partial charge in [0.25, 0.3) is 0 Å². The van der Waals surface area contributed by atoms with Crippen LogP contribution in [0.2, 0.25) is 0 Å². The number of fused-ring (bicyclic) bond motifs is 2. The average molecular weight is 1030 g/mol. The Labute approximate surface area is 434 Å². The number of carbonyl (C=O) groups is 7. The van der Waals surface area contributed by atoms with Crippen LogP contribution in [0.15, 0.2) is 206 Å². The molecule has 0 aromatic heterocycles. The second-order valence-electron chi connectivity index (χ2n) is 17.4. The number of hydrogen-bond acceptors (Lipinski definition) is 11. The second-order valence-corrected chi connectivity index (χ2v) is 22.1. The van der Waals surface area contributed by atoms with E-state index in [-0.39, 0.29) is 99.7 Å². The molecular formula is C61H48N2O10P2. The van der Waals surface area contributed by atoms with Gasteiger partial charge in [0.05, 0.1) is 43.0 Å². The van der Waals surface area contributed by atoms with Crippen molar-refractivity contribution in [3.8, 4) is 11.5 Å². The summed E-state index contributed by atoms with van der Waals surface area (Å²) >= 11 is 0. The first-order valence-corrected chi connectivity index (χ1v) is 27.3. The van der Waals surface area contributed by atoms with Gasteiger partial charge in [0.2, 0.25) is 24.1 Å². The van der Waals surface area contributed by atoms with Gasteiger partial charge < -0.3 is 24.7 Å². The number of anilines is 2. The first-order chi connectivity index (χ1) is 36.5. The minimum absolute atomic E-state index is 0.00186. The lowest BCUT2D eigenvalue weighted by atomic mass is 9.82. The molecule has 1 amide bonds. The van der Waals surface area contributed by atoms with Gasteiger partial charge in [0.15, 0.2) is 22.9 Å². The SMILES string of the molecule is O=C(CCOc1cccc(P(=O)(C(=O)c2ccccc2)C(=O)c2ccccc2)c1)CNc1ccc(NC(=O)CCOc2cccc(P(Cc3ccccc3)C(=O)c3ccccc3)c2)c2c1C(=O)c1ccccc1C2=O. The fraction of sp³-hybridized carbons (Fsp3) is 0.0984. The molecule has 8 aromatic rings. The van der Waals surface area contributed by atoms with Gasteiger partial charge in [-0.05, 0) is 47.3 Å². The number of rotatable bonds is 22. The topological polar surface area (TPSA) is 179 Å². The predicted molar refractivity (Wildman–Crippen MR) is 291 cm³/mol. The number of ketones is 3. The van der Waals surface area contributed by atoms with Crippen LogP contribution >= 0.6 is 15.1 Å². The first-order valence-electron chi connectivity index (χ1n) is 24.1. The van der Waals surface area contributed by atoms with E-state index in [1.54, 1.807) is 72.8 Å². The maximum Gasteiger partial charge on any atom is 0.248 e. The van der Waals surface area contributed by atoms with Crippen molar-refractivity contribution in [2.24, 2.45) is 0 Å². The maximum atomic E-state index is 14.8. The molecule has 75 heavy (non-hydrogen) atoms. The van der Waals surface area contributed by atoms with Gasteiger partial charge in [-0.25, -0.2) is 0 Å². The second kappa shape index (κ2) is 23.5. The molecule has 14 heteroatoms. The third kappa shape index (κ3) is 11.6. The Morgan fingerprint density at radius 2 is 0.987 bits per heavy atom. The van der Waals surface area contributed by atoms with E-state index in [4.69, 9.17) is 9.47 Å². The van der Waals surface area contributed by atoms with E-state index in [1.807, 2.05) is 78.9 Å². The minimum Gasteiger partial charge on any atom is -0.493 e. The Bertz CT molecular complexity index is 3460.